The van der Waals surface area contributed by atoms with Crippen molar-refractivity contribution in [2.45, 2.75) is 51.7 Å². The van der Waals surface area contributed by atoms with Crippen molar-refractivity contribution < 1.29 is 14.6 Å². The van der Waals surface area contributed by atoms with Gasteiger partial charge in [0, 0.05) is 5.41 Å². The zero-order chi connectivity index (χ0) is 20.8. The number of aliphatic hydroxyl groups excluding tert-OH is 2. The van der Waals surface area contributed by atoms with E-state index in [1.807, 2.05) is 24.3 Å². The molecule has 0 aliphatic rings. The molecule has 0 aliphatic heterocycles. The first-order valence-corrected chi connectivity index (χ1v) is 13.0. The SMILES string of the molecule is CC(C)(C)[Si](C)(C)OC/C=C/CC(CO)(CO)Cc1ccc2ccccc2c1. The van der Waals surface area contributed by atoms with Crippen LogP contribution >= 0.6 is 0 Å². The highest BCUT2D eigenvalue weighted by atomic mass is 28.4. The van der Waals surface area contributed by atoms with Gasteiger partial charge in [-0.2, -0.15) is 0 Å². The van der Waals surface area contributed by atoms with E-state index in [-0.39, 0.29) is 18.3 Å². The van der Waals surface area contributed by atoms with Gasteiger partial charge in [0.1, 0.15) is 0 Å². The number of fused-ring (bicyclic) bond motifs is 1. The van der Waals surface area contributed by atoms with Crippen LogP contribution in [0.3, 0.4) is 0 Å². The molecule has 0 aliphatic carbocycles. The van der Waals surface area contributed by atoms with E-state index < -0.39 is 13.7 Å². The molecule has 0 unspecified atom stereocenters. The molecule has 0 radical (unpaired) electrons. The molecular weight excluding hydrogens is 364 g/mol. The fraction of sp³-hybridized carbons (Fsp3) is 0.500. The number of hydrogen-bond donors (Lipinski definition) is 2. The molecule has 0 fully saturated rings. The van der Waals surface area contributed by atoms with E-state index in [1.165, 1.54) is 10.8 Å². The standard InChI is InChI=1S/C24H36O3Si/c1-23(2,3)28(4,5)27-15-9-8-14-24(18-25,19-26)17-20-12-13-21-10-6-7-11-22(21)16-20/h6-13,16,25-26H,14-15,17-19H2,1-5H3/b9-8+. The summed E-state index contributed by atoms with van der Waals surface area (Å²) in [5.74, 6) is 0. The molecule has 0 spiro atoms. The van der Waals surface area contributed by atoms with E-state index in [0.29, 0.717) is 19.4 Å². The zero-order valence-electron chi connectivity index (χ0n) is 18.0. The molecule has 0 heterocycles. The Kier molecular flexibility index (Phi) is 7.63. The molecule has 0 saturated carbocycles. The molecule has 0 amide bonds. The highest BCUT2D eigenvalue weighted by Crippen LogP contribution is 2.36. The van der Waals surface area contributed by atoms with Crippen LogP contribution in [0.25, 0.3) is 10.8 Å². The Morgan fingerprint density at radius 2 is 1.57 bits per heavy atom. The summed E-state index contributed by atoms with van der Waals surface area (Å²) in [6.07, 6.45) is 5.33. The van der Waals surface area contributed by atoms with Crippen LogP contribution in [0.1, 0.15) is 32.8 Å². The maximum absolute atomic E-state index is 10.0. The van der Waals surface area contributed by atoms with Crippen LogP contribution < -0.4 is 0 Å². The predicted molar refractivity (Wildman–Crippen MR) is 121 cm³/mol. The molecule has 0 atom stereocenters. The average Bonchev–Trinajstić information content (AvgIpc) is 2.65. The molecule has 0 bridgehead atoms. The third-order valence-corrected chi connectivity index (χ3v) is 10.6. The van der Waals surface area contributed by atoms with Gasteiger partial charge in [0.05, 0.1) is 19.8 Å². The van der Waals surface area contributed by atoms with E-state index in [4.69, 9.17) is 4.43 Å². The smallest absolute Gasteiger partial charge is 0.192 e. The molecule has 2 aromatic rings. The summed E-state index contributed by atoms with van der Waals surface area (Å²) in [5.41, 5.74) is 0.573. The fourth-order valence-electron chi connectivity index (χ4n) is 3.02. The minimum atomic E-state index is -1.75. The molecular formula is C24H36O3Si. The largest absolute Gasteiger partial charge is 0.413 e. The van der Waals surface area contributed by atoms with Gasteiger partial charge in [-0.15, -0.1) is 0 Å². The Balaban J connectivity index is 2.02. The Morgan fingerprint density at radius 3 is 2.18 bits per heavy atom. The highest BCUT2D eigenvalue weighted by Gasteiger charge is 2.36. The van der Waals surface area contributed by atoms with E-state index in [1.54, 1.807) is 0 Å². The fourth-order valence-corrected chi connectivity index (χ4v) is 3.97. The van der Waals surface area contributed by atoms with Gasteiger partial charge in [-0.3, -0.25) is 0 Å². The van der Waals surface area contributed by atoms with Gasteiger partial charge in [-0.05, 0) is 47.3 Å². The first-order valence-electron chi connectivity index (χ1n) is 10.1. The monoisotopic (exact) mass is 400 g/mol. The van der Waals surface area contributed by atoms with Crippen LogP contribution in [-0.2, 0) is 10.8 Å². The molecule has 28 heavy (non-hydrogen) atoms. The summed E-state index contributed by atoms with van der Waals surface area (Å²) >= 11 is 0. The molecule has 4 heteroatoms. The van der Waals surface area contributed by atoms with Gasteiger partial charge in [-0.25, -0.2) is 0 Å². The molecule has 0 aromatic heterocycles. The van der Waals surface area contributed by atoms with Crippen molar-refractivity contribution in [3.63, 3.8) is 0 Å². The minimum Gasteiger partial charge on any atom is -0.413 e. The lowest BCUT2D eigenvalue weighted by Crippen LogP contribution is -2.40. The topological polar surface area (TPSA) is 49.7 Å². The van der Waals surface area contributed by atoms with Crippen LogP contribution in [0.2, 0.25) is 18.1 Å². The van der Waals surface area contributed by atoms with Crippen LogP contribution in [0, 0.1) is 5.41 Å². The van der Waals surface area contributed by atoms with E-state index in [0.717, 1.165) is 5.56 Å². The second kappa shape index (κ2) is 9.36. The average molecular weight is 401 g/mol. The summed E-state index contributed by atoms with van der Waals surface area (Å²) in [4.78, 5) is 0. The summed E-state index contributed by atoms with van der Waals surface area (Å²) in [6.45, 7) is 11.7. The molecule has 2 N–H and O–H groups in total. The maximum atomic E-state index is 10.0. The third kappa shape index (κ3) is 5.77. The van der Waals surface area contributed by atoms with Crippen molar-refractivity contribution in [1.82, 2.24) is 0 Å². The van der Waals surface area contributed by atoms with E-state index in [9.17, 15) is 10.2 Å². The molecule has 154 valence electrons. The first-order chi connectivity index (χ1) is 13.1. The number of benzene rings is 2. The summed E-state index contributed by atoms with van der Waals surface area (Å²) < 4.78 is 6.17. The van der Waals surface area contributed by atoms with Crippen molar-refractivity contribution >= 4 is 19.1 Å². The van der Waals surface area contributed by atoms with Crippen LogP contribution in [0.4, 0.5) is 0 Å². The second-order valence-corrected chi connectivity index (χ2v) is 14.2. The predicted octanol–water partition coefficient (Wildman–Crippen LogP) is 5.32. The molecule has 2 rings (SSSR count). The number of rotatable bonds is 9. The third-order valence-electron chi connectivity index (χ3n) is 6.13. The van der Waals surface area contributed by atoms with Gasteiger partial charge in [0.25, 0.3) is 0 Å². The van der Waals surface area contributed by atoms with Gasteiger partial charge >= 0.3 is 0 Å². The highest BCUT2D eigenvalue weighted by molar-refractivity contribution is 6.74. The number of aliphatic hydroxyl groups is 2. The van der Waals surface area contributed by atoms with Gasteiger partial charge < -0.3 is 14.6 Å². The lowest BCUT2D eigenvalue weighted by atomic mass is 9.79. The molecule has 0 saturated heterocycles. The Bertz CT molecular complexity index is 786. The van der Waals surface area contributed by atoms with Gasteiger partial charge in [-0.1, -0.05) is 75.4 Å². The van der Waals surface area contributed by atoms with Crippen LogP contribution in [-0.4, -0.2) is 38.4 Å². The van der Waals surface area contributed by atoms with Crippen molar-refractivity contribution in [2.75, 3.05) is 19.8 Å². The van der Waals surface area contributed by atoms with E-state index >= 15 is 0 Å². The van der Waals surface area contributed by atoms with Crippen molar-refractivity contribution in [3.8, 4) is 0 Å². The molecule has 2 aromatic carbocycles. The maximum Gasteiger partial charge on any atom is 0.192 e. The van der Waals surface area contributed by atoms with Crippen molar-refractivity contribution in [3.05, 3.63) is 60.2 Å². The Morgan fingerprint density at radius 1 is 0.929 bits per heavy atom. The quantitative estimate of drug-likeness (QED) is 0.442. The lowest BCUT2D eigenvalue weighted by molar-refractivity contribution is 0.0569. The van der Waals surface area contributed by atoms with Gasteiger partial charge in [0.15, 0.2) is 8.32 Å². The summed E-state index contributed by atoms with van der Waals surface area (Å²) in [7, 11) is -1.75. The second-order valence-electron chi connectivity index (χ2n) is 9.42. The number of allylic oxidation sites excluding steroid dienone is 1. The summed E-state index contributed by atoms with van der Waals surface area (Å²) in [5, 5.41) is 22.6. The Labute approximate surface area is 171 Å². The first kappa shape index (κ1) is 22.8. The van der Waals surface area contributed by atoms with Crippen molar-refractivity contribution in [2.24, 2.45) is 5.41 Å². The number of hydrogen-bond acceptors (Lipinski definition) is 3. The lowest BCUT2D eigenvalue weighted by Gasteiger charge is -2.35. The van der Waals surface area contributed by atoms with Crippen molar-refractivity contribution in [1.29, 1.82) is 0 Å². The zero-order valence-corrected chi connectivity index (χ0v) is 19.0. The van der Waals surface area contributed by atoms with Crippen LogP contribution in [0.15, 0.2) is 54.6 Å². The Hall–Kier alpha value is -1.46. The minimum absolute atomic E-state index is 0.0518. The van der Waals surface area contributed by atoms with Gasteiger partial charge in [0.2, 0.25) is 0 Å². The summed E-state index contributed by atoms with van der Waals surface area (Å²) in [6, 6.07) is 14.6. The van der Waals surface area contributed by atoms with E-state index in [2.05, 4.69) is 64.2 Å². The normalized spacial score (nSPS) is 13.5. The molecule has 3 nitrogen and oxygen atoms in total. The van der Waals surface area contributed by atoms with Crippen LogP contribution in [0.5, 0.6) is 0 Å².